The summed E-state index contributed by atoms with van der Waals surface area (Å²) in [5.41, 5.74) is 4.57. The van der Waals surface area contributed by atoms with Crippen molar-refractivity contribution in [3.63, 3.8) is 0 Å². The van der Waals surface area contributed by atoms with Gasteiger partial charge in [0.15, 0.2) is 6.29 Å². The molecule has 9 nitrogen and oxygen atoms in total. The van der Waals surface area contributed by atoms with Crippen LogP contribution in [0.15, 0.2) is 0 Å². The fraction of sp³-hybridized carbons (Fsp3) is 0.750. The van der Waals surface area contributed by atoms with Gasteiger partial charge in [-0.2, -0.15) is 0 Å². The topological polar surface area (TPSA) is 182 Å². The standard InChI is InChI=1S/C6H12O6.C2H5NO2/c7-1-3(9)5(11)6(12)4(10)2-8;3-1-2(4)5/h1,3-6,8-12H,2H2;1,3H2,(H,4,5)/t3-,4-,5-,6-;/m1./s1. The molecule has 0 unspecified atom stereocenters. The zero-order valence-electron chi connectivity index (χ0n) is 8.88. The number of carboxylic acid groups (broad SMARTS) is 1. The summed E-state index contributed by atoms with van der Waals surface area (Å²) in [5.74, 6) is -0.968. The Morgan fingerprint density at radius 2 is 1.59 bits per heavy atom. The van der Waals surface area contributed by atoms with Crippen LogP contribution in [0.1, 0.15) is 0 Å². The molecule has 0 aromatic carbocycles. The molecular weight excluding hydrogens is 238 g/mol. The number of carbonyl (C=O) groups excluding carboxylic acids is 1. The highest BCUT2D eigenvalue weighted by Crippen LogP contribution is 2.02. The van der Waals surface area contributed by atoms with E-state index in [0.29, 0.717) is 0 Å². The van der Waals surface area contributed by atoms with E-state index in [1.165, 1.54) is 0 Å². The Kier molecular flexibility index (Phi) is 10.8. The van der Waals surface area contributed by atoms with E-state index in [9.17, 15) is 9.59 Å². The molecule has 0 saturated carbocycles. The van der Waals surface area contributed by atoms with Gasteiger partial charge in [0.1, 0.15) is 24.4 Å². The normalized spacial score (nSPS) is 17.1. The fourth-order valence-corrected chi connectivity index (χ4v) is 0.618. The molecule has 0 amide bonds. The third-order valence-corrected chi connectivity index (χ3v) is 1.60. The van der Waals surface area contributed by atoms with Crippen LogP contribution in [0.3, 0.4) is 0 Å². The van der Waals surface area contributed by atoms with E-state index in [4.69, 9.17) is 30.6 Å². The molecule has 0 rings (SSSR count). The maximum absolute atomic E-state index is 9.90. The molecule has 9 heteroatoms. The van der Waals surface area contributed by atoms with E-state index in [2.05, 4.69) is 5.73 Å². The van der Waals surface area contributed by atoms with E-state index in [1.807, 2.05) is 0 Å². The summed E-state index contributed by atoms with van der Waals surface area (Å²) in [5, 5.41) is 51.1. The highest BCUT2D eigenvalue weighted by atomic mass is 16.4. The van der Waals surface area contributed by atoms with Gasteiger partial charge >= 0.3 is 5.97 Å². The van der Waals surface area contributed by atoms with E-state index >= 15 is 0 Å². The number of carbonyl (C=O) groups is 2. The zero-order valence-corrected chi connectivity index (χ0v) is 8.88. The first-order valence-electron chi connectivity index (χ1n) is 4.52. The second-order valence-corrected chi connectivity index (χ2v) is 2.96. The first kappa shape index (κ1) is 18.3. The monoisotopic (exact) mass is 255 g/mol. The maximum Gasteiger partial charge on any atom is 0.317 e. The van der Waals surface area contributed by atoms with Crippen LogP contribution in [0, 0.1) is 0 Å². The smallest absolute Gasteiger partial charge is 0.317 e. The van der Waals surface area contributed by atoms with E-state index in [-0.39, 0.29) is 12.8 Å². The second kappa shape index (κ2) is 10.1. The van der Waals surface area contributed by atoms with Gasteiger partial charge in [-0.25, -0.2) is 0 Å². The van der Waals surface area contributed by atoms with Gasteiger partial charge in [0, 0.05) is 0 Å². The van der Waals surface area contributed by atoms with Crippen molar-refractivity contribution >= 4 is 12.3 Å². The fourth-order valence-electron chi connectivity index (χ4n) is 0.618. The number of rotatable bonds is 6. The molecule has 0 aliphatic carbocycles. The Labute approximate surface area is 96.7 Å². The number of aliphatic hydroxyl groups is 5. The van der Waals surface area contributed by atoms with Gasteiger partial charge < -0.3 is 41.2 Å². The number of nitrogens with two attached hydrogens (primary N) is 1. The molecule has 0 radical (unpaired) electrons. The molecule has 0 aromatic rings. The Hall–Kier alpha value is -1.10. The second-order valence-electron chi connectivity index (χ2n) is 2.96. The predicted molar refractivity (Wildman–Crippen MR) is 53.9 cm³/mol. The molecule has 4 atom stereocenters. The lowest BCUT2D eigenvalue weighted by Crippen LogP contribution is -2.46. The van der Waals surface area contributed by atoms with Gasteiger partial charge in [-0.05, 0) is 0 Å². The van der Waals surface area contributed by atoms with Crippen molar-refractivity contribution in [1.82, 2.24) is 0 Å². The highest BCUT2D eigenvalue weighted by molar-refractivity contribution is 5.68. The van der Waals surface area contributed by atoms with Gasteiger partial charge in [-0.3, -0.25) is 4.79 Å². The lowest BCUT2D eigenvalue weighted by Gasteiger charge is -2.22. The van der Waals surface area contributed by atoms with Crippen LogP contribution in [0.5, 0.6) is 0 Å². The van der Waals surface area contributed by atoms with E-state index in [1.54, 1.807) is 0 Å². The first-order valence-corrected chi connectivity index (χ1v) is 4.52. The van der Waals surface area contributed by atoms with Gasteiger partial charge in [-0.15, -0.1) is 0 Å². The molecule has 0 aromatic heterocycles. The minimum absolute atomic E-state index is 0.0258. The van der Waals surface area contributed by atoms with Gasteiger partial charge in [0.2, 0.25) is 0 Å². The van der Waals surface area contributed by atoms with Crippen molar-refractivity contribution < 1.29 is 40.2 Å². The van der Waals surface area contributed by atoms with Crippen molar-refractivity contribution in [3.8, 4) is 0 Å². The van der Waals surface area contributed by atoms with Gasteiger partial charge in [-0.1, -0.05) is 0 Å². The number of hydrogen-bond acceptors (Lipinski definition) is 8. The average Bonchev–Trinajstić information content (AvgIpc) is 2.35. The third-order valence-electron chi connectivity index (χ3n) is 1.60. The molecule has 0 spiro atoms. The number of aliphatic carboxylic acids is 1. The molecule has 17 heavy (non-hydrogen) atoms. The third kappa shape index (κ3) is 8.68. The Bertz CT molecular complexity index is 224. The molecule has 0 saturated heterocycles. The molecule has 0 aliphatic rings. The van der Waals surface area contributed by atoms with Crippen LogP contribution in [0.25, 0.3) is 0 Å². The molecule has 0 bridgehead atoms. The Balaban J connectivity index is 0. The van der Waals surface area contributed by atoms with Crippen LogP contribution in [-0.2, 0) is 9.59 Å². The number of aldehydes is 1. The van der Waals surface area contributed by atoms with E-state index < -0.39 is 37.0 Å². The van der Waals surface area contributed by atoms with Gasteiger partial charge in [0.05, 0.1) is 13.2 Å². The summed E-state index contributed by atoms with van der Waals surface area (Å²) in [6.45, 7) is -1.04. The average molecular weight is 255 g/mol. The quantitative estimate of drug-likeness (QED) is 0.230. The van der Waals surface area contributed by atoms with Crippen LogP contribution < -0.4 is 5.73 Å². The highest BCUT2D eigenvalue weighted by Gasteiger charge is 2.29. The molecule has 102 valence electrons. The largest absolute Gasteiger partial charge is 0.480 e. The number of aliphatic hydroxyl groups excluding tert-OH is 5. The summed E-state index contributed by atoms with van der Waals surface area (Å²) in [6.07, 6.45) is -6.84. The molecular formula is C8H17NO8. The SMILES string of the molecule is NCC(=O)O.O=C[C@@H](O)[C@@H](O)[C@H](O)[C@H](O)CO. The van der Waals surface area contributed by atoms with Crippen molar-refractivity contribution in [2.24, 2.45) is 5.73 Å². The summed E-state index contributed by atoms with van der Waals surface area (Å²) in [6, 6.07) is 0. The van der Waals surface area contributed by atoms with Crippen molar-refractivity contribution in [2.75, 3.05) is 13.2 Å². The molecule has 8 N–H and O–H groups in total. The van der Waals surface area contributed by atoms with Crippen LogP contribution in [0.2, 0.25) is 0 Å². The maximum atomic E-state index is 9.90. The number of carboxylic acids is 1. The van der Waals surface area contributed by atoms with Crippen molar-refractivity contribution in [1.29, 1.82) is 0 Å². The molecule has 0 heterocycles. The summed E-state index contributed by atoms with van der Waals surface area (Å²) in [4.78, 5) is 19.1. The molecule has 0 fully saturated rings. The summed E-state index contributed by atoms with van der Waals surface area (Å²) in [7, 11) is 0. The lowest BCUT2D eigenvalue weighted by molar-refractivity contribution is -0.136. The lowest BCUT2D eigenvalue weighted by atomic mass is 10.0. The van der Waals surface area contributed by atoms with Gasteiger partial charge in [0.25, 0.3) is 0 Å². The van der Waals surface area contributed by atoms with Crippen molar-refractivity contribution in [3.05, 3.63) is 0 Å². The Morgan fingerprint density at radius 3 is 1.82 bits per heavy atom. The predicted octanol–water partition coefficient (Wildman–Crippen LogP) is -4.35. The van der Waals surface area contributed by atoms with Crippen LogP contribution >= 0.6 is 0 Å². The minimum atomic E-state index is -1.79. The first-order chi connectivity index (χ1) is 7.81. The minimum Gasteiger partial charge on any atom is -0.480 e. The van der Waals surface area contributed by atoms with Crippen LogP contribution in [0.4, 0.5) is 0 Å². The van der Waals surface area contributed by atoms with Crippen LogP contribution in [-0.4, -0.2) is 80.5 Å². The summed E-state index contributed by atoms with van der Waals surface area (Å²) < 4.78 is 0. The van der Waals surface area contributed by atoms with Crippen molar-refractivity contribution in [2.45, 2.75) is 24.4 Å². The Morgan fingerprint density at radius 1 is 1.18 bits per heavy atom. The van der Waals surface area contributed by atoms with E-state index in [0.717, 1.165) is 0 Å². The number of hydrogen-bond donors (Lipinski definition) is 7. The summed E-state index contributed by atoms with van der Waals surface area (Å²) >= 11 is 0. The molecule has 0 aliphatic heterocycles. The zero-order chi connectivity index (χ0) is 14.0.